The topological polar surface area (TPSA) is 78.0 Å². The maximum absolute atomic E-state index is 11.3. The van der Waals surface area contributed by atoms with E-state index in [1.807, 2.05) is 25.1 Å². The third-order valence-electron chi connectivity index (χ3n) is 3.15. The van der Waals surface area contributed by atoms with Crippen molar-refractivity contribution in [3.05, 3.63) is 52.3 Å². The maximum atomic E-state index is 11.3. The molecule has 0 aliphatic carbocycles. The molecular weight excluding hydrogens is 278 g/mol. The number of nitrogens with zero attached hydrogens (tertiary/aromatic N) is 1. The van der Waals surface area contributed by atoms with Crippen LogP contribution in [0.4, 0.5) is 0 Å². The fourth-order valence-electron chi connectivity index (χ4n) is 1.92. The lowest BCUT2D eigenvalue weighted by Gasteiger charge is -2.15. The van der Waals surface area contributed by atoms with Crippen LogP contribution >= 0.6 is 11.6 Å². The van der Waals surface area contributed by atoms with Crippen molar-refractivity contribution in [1.29, 1.82) is 0 Å². The number of aryl methyl sites for hydroxylation is 1. The van der Waals surface area contributed by atoms with Crippen LogP contribution in [0.3, 0.4) is 0 Å². The second-order valence-electron chi connectivity index (χ2n) is 4.59. The number of benzene rings is 1. The minimum Gasteiger partial charge on any atom is -0.480 e. The van der Waals surface area contributed by atoms with Gasteiger partial charge < -0.3 is 5.11 Å². The summed E-state index contributed by atoms with van der Waals surface area (Å²) in [5.74, 6) is -0.897. The summed E-state index contributed by atoms with van der Waals surface area (Å²) in [6.45, 7) is 2.34. The number of aromatic nitrogens is 2. The van der Waals surface area contributed by atoms with Gasteiger partial charge in [0.25, 0.3) is 0 Å². The van der Waals surface area contributed by atoms with Gasteiger partial charge in [-0.05, 0) is 25.0 Å². The molecule has 1 heterocycles. The third-order valence-corrected chi connectivity index (χ3v) is 3.52. The molecule has 1 aromatic carbocycles. The molecule has 3 N–H and O–H groups in total. The zero-order chi connectivity index (χ0) is 14.5. The van der Waals surface area contributed by atoms with Crippen LogP contribution in [0.1, 0.15) is 16.8 Å². The van der Waals surface area contributed by atoms with Crippen LogP contribution < -0.4 is 5.32 Å². The van der Waals surface area contributed by atoms with Gasteiger partial charge in [-0.15, -0.1) is 0 Å². The monoisotopic (exact) mass is 293 g/mol. The van der Waals surface area contributed by atoms with E-state index in [0.29, 0.717) is 18.0 Å². The molecule has 0 fully saturated rings. The SMILES string of the molecule is Cc1[nH]ncc1CNC(Cc1ccccc1Cl)C(=O)O. The van der Waals surface area contributed by atoms with Crippen LogP contribution in [0.5, 0.6) is 0 Å². The summed E-state index contributed by atoms with van der Waals surface area (Å²) >= 11 is 6.06. The number of carboxylic acids is 1. The molecule has 0 saturated heterocycles. The summed E-state index contributed by atoms with van der Waals surface area (Å²) < 4.78 is 0. The smallest absolute Gasteiger partial charge is 0.321 e. The van der Waals surface area contributed by atoms with Crippen molar-refractivity contribution in [2.45, 2.75) is 25.9 Å². The van der Waals surface area contributed by atoms with Gasteiger partial charge in [0.1, 0.15) is 6.04 Å². The number of halogens is 1. The molecule has 0 amide bonds. The van der Waals surface area contributed by atoms with Gasteiger partial charge in [-0.1, -0.05) is 29.8 Å². The zero-order valence-electron chi connectivity index (χ0n) is 11.1. The number of aliphatic carboxylic acids is 1. The van der Waals surface area contributed by atoms with Crippen molar-refractivity contribution in [1.82, 2.24) is 15.5 Å². The van der Waals surface area contributed by atoms with Crippen LogP contribution in [0, 0.1) is 6.92 Å². The maximum Gasteiger partial charge on any atom is 0.321 e. The van der Waals surface area contributed by atoms with Gasteiger partial charge in [-0.3, -0.25) is 15.2 Å². The first-order valence-corrected chi connectivity index (χ1v) is 6.64. The van der Waals surface area contributed by atoms with E-state index < -0.39 is 12.0 Å². The second-order valence-corrected chi connectivity index (χ2v) is 4.99. The summed E-state index contributed by atoms with van der Waals surface area (Å²) in [4.78, 5) is 11.3. The third kappa shape index (κ3) is 3.59. The van der Waals surface area contributed by atoms with Crippen LogP contribution in [-0.2, 0) is 17.8 Å². The Hall–Kier alpha value is -1.85. The van der Waals surface area contributed by atoms with E-state index in [4.69, 9.17) is 11.6 Å². The highest BCUT2D eigenvalue weighted by Gasteiger charge is 2.19. The van der Waals surface area contributed by atoms with Gasteiger partial charge in [-0.25, -0.2) is 0 Å². The average molecular weight is 294 g/mol. The highest BCUT2D eigenvalue weighted by Crippen LogP contribution is 2.17. The van der Waals surface area contributed by atoms with Crippen molar-refractivity contribution in [2.24, 2.45) is 0 Å². The predicted molar refractivity (Wildman–Crippen MR) is 76.7 cm³/mol. The summed E-state index contributed by atoms with van der Waals surface area (Å²) in [5, 5.41) is 19.6. The van der Waals surface area contributed by atoms with E-state index in [1.165, 1.54) is 0 Å². The Balaban J connectivity index is 2.03. The molecule has 2 aromatic rings. The van der Waals surface area contributed by atoms with Gasteiger partial charge in [0.05, 0.1) is 6.20 Å². The molecule has 0 spiro atoms. The van der Waals surface area contributed by atoms with E-state index in [-0.39, 0.29) is 0 Å². The largest absolute Gasteiger partial charge is 0.480 e. The van der Waals surface area contributed by atoms with Crippen LogP contribution in [0.2, 0.25) is 5.02 Å². The second kappa shape index (κ2) is 6.54. The Morgan fingerprint density at radius 2 is 2.20 bits per heavy atom. The molecule has 6 heteroatoms. The van der Waals surface area contributed by atoms with Gasteiger partial charge >= 0.3 is 5.97 Å². The van der Waals surface area contributed by atoms with Gasteiger partial charge in [-0.2, -0.15) is 5.10 Å². The molecule has 1 atom stereocenters. The molecular formula is C14H16ClN3O2. The normalized spacial score (nSPS) is 12.3. The molecule has 20 heavy (non-hydrogen) atoms. The summed E-state index contributed by atoms with van der Waals surface area (Å²) in [6, 6.07) is 6.58. The first kappa shape index (κ1) is 14.6. The standard InChI is InChI=1S/C14H16ClN3O2/c1-9-11(8-17-18-9)7-16-13(14(19)20)6-10-4-2-3-5-12(10)15/h2-5,8,13,16H,6-7H2,1H3,(H,17,18)(H,19,20). The molecule has 1 aromatic heterocycles. The Kier molecular flexibility index (Phi) is 4.76. The molecule has 1 unspecified atom stereocenters. The summed E-state index contributed by atoms with van der Waals surface area (Å²) in [6.07, 6.45) is 2.03. The first-order chi connectivity index (χ1) is 9.58. The van der Waals surface area contributed by atoms with E-state index in [1.54, 1.807) is 12.3 Å². The first-order valence-electron chi connectivity index (χ1n) is 6.26. The number of carboxylic acid groups (broad SMARTS) is 1. The van der Waals surface area contributed by atoms with Crippen LogP contribution in [-0.4, -0.2) is 27.3 Å². The number of carbonyl (C=O) groups is 1. The summed E-state index contributed by atoms with van der Waals surface area (Å²) in [5.41, 5.74) is 2.70. The van der Waals surface area contributed by atoms with E-state index >= 15 is 0 Å². The van der Waals surface area contributed by atoms with Gasteiger partial charge in [0, 0.05) is 22.8 Å². The average Bonchev–Trinajstić information content (AvgIpc) is 2.82. The van der Waals surface area contributed by atoms with Crippen molar-refractivity contribution >= 4 is 17.6 Å². The van der Waals surface area contributed by atoms with Crippen LogP contribution in [0.25, 0.3) is 0 Å². The Morgan fingerprint density at radius 1 is 1.45 bits per heavy atom. The van der Waals surface area contributed by atoms with E-state index in [2.05, 4.69) is 15.5 Å². The van der Waals surface area contributed by atoms with Crippen molar-refractivity contribution in [3.63, 3.8) is 0 Å². The minimum absolute atomic E-state index is 0.339. The Labute approximate surface area is 122 Å². The van der Waals surface area contributed by atoms with E-state index in [0.717, 1.165) is 16.8 Å². The zero-order valence-corrected chi connectivity index (χ0v) is 11.8. The fraction of sp³-hybridized carbons (Fsp3) is 0.286. The lowest BCUT2D eigenvalue weighted by atomic mass is 10.1. The molecule has 5 nitrogen and oxygen atoms in total. The molecule has 106 valence electrons. The quantitative estimate of drug-likeness (QED) is 0.763. The number of nitrogens with one attached hydrogen (secondary N) is 2. The molecule has 0 radical (unpaired) electrons. The van der Waals surface area contributed by atoms with Crippen molar-refractivity contribution in [2.75, 3.05) is 0 Å². The number of hydrogen-bond donors (Lipinski definition) is 3. The highest BCUT2D eigenvalue weighted by atomic mass is 35.5. The number of hydrogen-bond acceptors (Lipinski definition) is 3. The van der Waals surface area contributed by atoms with E-state index in [9.17, 15) is 9.90 Å². The summed E-state index contributed by atoms with van der Waals surface area (Å²) in [7, 11) is 0. The molecule has 0 saturated carbocycles. The highest BCUT2D eigenvalue weighted by molar-refractivity contribution is 6.31. The Bertz CT molecular complexity index is 598. The molecule has 0 bridgehead atoms. The van der Waals surface area contributed by atoms with Crippen molar-refractivity contribution < 1.29 is 9.90 Å². The molecule has 0 aliphatic rings. The molecule has 2 rings (SSSR count). The Morgan fingerprint density at radius 3 is 2.80 bits per heavy atom. The fourth-order valence-corrected chi connectivity index (χ4v) is 2.13. The van der Waals surface area contributed by atoms with Crippen molar-refractivity contribution in [3.8, 4) is 0 Å². The number of aromatic amines is 1. The van der Waals surface area contributed by atoms with Gasteiger partial charge in [0.15, 0.2) is 0 Å². The lowest BCUT2D eigenvalue weighted by molar-refractivity contribution is -0.139. The van der Waals surface area contributed by atoms with Gasteiger partial charge in [0.2, 0.25) is 0 Å². The lowest BCUT2D eigenvalue weighted by Crippen LogP contribution is -2.38. The predicted octanol–water partition coefficient (Wildman–Crippen LogP) is 2.16. The number of rotatable bonds is 6. The minimum atomic E-state index is -0.897. The number of H-pyrrole nitrogens is 1. The van der Waals surface area contributed by atoms with Crippen LogP contribution in [0.15, 0.2) is 30.5 Å². The molecule has 0 aliphatic heterocycles.